The van der Waals surface area contributed by atoms with E-state index in [0.717, 1.165) is 18.4 Å². The van der Waals surface area contributed by atoms with E-state index in [4.69, 9.17) is 4.52 Å². The lowest BCUT2D eigenvalue weighted by atomic mass is 9.77. The van der Waals surface area contributed by atoms with E-state index in [1.165, 1.54) is 0 Å². The third-order valence-electron chi connectivity index (χ3n) is 4.39. The van der Waals surface area contributed by atoms with E-state index in [1.54, 1.807) is 0 Å². The van der Waals surface area contributed by atoms with Crippen LogP contribution in [-0.2, 0) is 4.52 Å². The van der Waals surface area contributed by atoms with Crippen LogP contribution in [0.1, 0.15) is 33.1 Å². The van der Waals surface area contributed by atoms with E-state index in [-0.39, 0.29) is 12.0 Å². The molecule has 0 N–H and O–H groups in total. The lowest BCUT2D eigenvalue weighted by Crippen LogP contribution is -2.40. The topological polar surface area (TPSA) is 9.23 Å². The number of rotatable bonds is 5. The van der Waals surface area contributed by atoms with E-state index in [1.807, 2.05) is 13.8 Å². The molecule has 25 heavy (non-hydrogen) atoms. The van der Waals surface area contributed by atoms with Gasteiger partial charge < -0.3 is 4.52 Å². The highest BCUT2D eigenvalue weighted by molar-refractivity contribution is 8.48. The highest BCUT2D eigenvalue weighted by Gasteiger charge is 2.38. The zero-order valence-electron chi connectivity index (χ0n) is 13.6. The van der Waals surface area contributed by atoms with Crippen molar-refractivity contribution in [2.45, 2.75) is 48.9 Å². The van der Waals surface area contributed by atoms with E-state index >= 15 is 0 Å². The molecule has 1 fully saturated rings. The van der Waals surface area contributed by atoms with Crippen molar-refractivity contribution in [3.05, 3.63) is 41.2 Å². The molecule has 1 aromatic rings. The molecule has 0 spiro atoms. The number of hydrogen-bond acceptors (Lipinski definition) is 3. The molecule has 0 bridgehead atoms. The molecule has 1 aromatic carbocycles. The van der Waals surface area contributed by atoms with E-state index in [9.17, 15) is 22.0 Å². The van der Waals surface area contributed by atoms with Crippen molar-refractivity contribution in [1.29, 1.82) is 0 Å². The summed E-state index contributed by atoms with van der Waals surface area (Å²) in [5.41, 5.74) is 1.02. The SMILES string of the molecule is C=C(C)C1CC[C@@](C)(S)C(OPSc2c(F)c(F)c(F)c(F)c2F)C1. The molecule has 1 nitrogen and oxygen atoms in total. The Kier molecular flexibility index (Phi) is 6.85. The second-order valence-corrected chi connectivity index (χ2v) is 9.51. The first-order valence-corrected chi connectivity index (χ1v) is 10.4. The molecule has 0 amide bonds. The van der Waals surface area contributed by atoms with Crippen molar-refractivity contribution in [3.8, 4) is 0 Å². The van der Waals surface area contributed by atoms with Crippen LogP contribution >= 0.6 is 32.0 Å². The molecule has 1 aliphatic rings. The Morgan fingerprint density at radius 3 is 2.20 bits per heavy atom. The van der Waals surface area contributed by atoms with Crippen molar-refractivity contribution in [2.75, 3.05) is 0 Å². The quantitative estimate of drug-likeness (QED) is 0.148. The molecule has 4 atom stereocenters. The molecule has 0 radical (unpaired) electrons. The fraction of sp³-hybridized carbons (Fsp3) is 0.500. The van der Waals surface area contributed by atoms with Crippen molar-refractivity contribution >= 4 is 32.0 Å². The van der Waals surface area contributed by atoms with Crippen LogP contribution < -0.4 is 0 Å². The molecule has 0 aromatic heterocycles. The Bertz CT molecular complexity index is 654. The Morgan fingerprint density at radius 2 is 1.68 bits per heavy atom. The summed E-state index contributed by atoms with van der Waals surface area (Å²) in [7, 11) is -0.525. The number of benzene rings is 1. The summed E-state index contributed by atoms with van der Waals surface area (Å²) >= 11 is 5.06. The summed E-state index contributed by atoms with van der Waals surface area (Å²) in [5, 5.41) is 0. The fourth-order valence-corrected chi connectivity index (χ4v) is 5.31. The average molecular weight is 416 g/mol. The van der Waals surface area contributed by atoms with E-state index < -0.39 is 46.7 Å². The van der Waals surface area contributed by atoms with Gasteiger partial charge in [-0.15, -0.1) is 0 Å². The van der Waals surface area contributed by atoms with Gasteiger partial charge in [-0.2, -0.15) is 12.6 Å². The van der Waals surface area contributed by atoms with Gasteiger partial charge >= 0.3 is 0 Å². The maximum atomic E-state index is 13.7. The fourth-order valence-electron chi connectivity index (χ4n) is 2.68. The lowest BCUT2D eigenvalue weighted by Gasteiger charge is -2.41. The van der Waals surface area contributed by atoms with Crippen LogP contribution in [-0.4, -0.2) is 10.9 Å². The van der Waals surface area contributed by atoms with E-state index in [2.05, 4.69) is 19.2 Å². The molecule has 0 aliphatic heterocycles. The first kappa shape index (κ1) is 21.0. The largest absolute Gasteiger partial charge is 0.346 e. The molecule has 3 unspecified atom stereocenters. The average Bonchev–Trinajstić information content (AvgIpc) is 2.55. The number of hydrogen-bond donors (Lipinski definition) is 1. The zero-order valence-corrected chi connectivity index (χ0v) is 16.3. The zero-order chi connectivity index (χ0) is 18.9. The maximum absolute atomic E-state index is 13.7. The molecular weight excluding hydrogens is 398 g/mol. The summed E-state index contributed by atoms with van der Waals surface area (Å²) in [5.74, 6) is -9.49. The van der Waals surface area contributed by atoms with Gasteiger partial charge in [-0.25, -0.2) is 22.0 Å². The third-order valence-corrected chi connectivity index (χ3v) is 7.08. The van der Waals surface area contributed by atoms with E-state index in [0.29, 0.717) is 17.8 Å². The Morgan fingerprint density at radius 1 is 1.16 bits per heavy atom. The van der Waals surface area contributed by atoms with Crippen molar-refractivity contribution in [3.63, 3.8) is 0 Å². The molecule has 9 heteroatoms. The maximum Gasteiger partial charge on any atom is 0.200 e. The molecule has 2 rings (SSSR count). The van der Waals surface area contributed by atoms with Crippen molar-refractivity contribution < 1.29 is 26.5 Å². The van der Waals surface area contributed by atoms with Crippen LogP contribution in [0.3, 0.4) is 0 Å². The number of allylic oxidation sites excluding steroid dienone is 1. The van der Waals surface area contributed by atoms with Crippen LogP contribution in [0.5, 0.6) is 0 Å². The second-order valence-electron chi connectivity index (χ2n) is 6.37. The van der Waals surface area contributed by atoms with Crippen LogP contribution in [0, 0.1) is 35.0 Å². The molecule has 1 aliphatic carbocycles. The number of halogens is 5. The van der Waals surface area contributed by atoms with Crippen molar-refractivity contribution in [2.24, 2.45) is 5.92 Å². The van der Waals surface area contributed by atoms with Gasteiger partial charge in [0.2, 0.25) is 5.82 Å². The first-order valence-electron chi connectivity index (χ1n) is 7.53. The Hall–Kier alpha value is -0.300. The summed E-state index contributed by atoms with van der Waals surface area (Å²) < 4.78 is 72.1. The summed E-state index contributed by atoms with van der Waals surface area (Å²) in [6.07, 6.45) is 2.04. The van der Waals surface area contributed by atoms with Gasteiger partial charge in [-0.3, -0.25) is 0 Å². The molecule has 1 saturated carbocycles. The van der Waals surface area contributed by atoms with Crippen LogP contribution in [0.2, 0.25) is 0 Å². The van der Waals surface area contributed by atoms with Gasteiger partial charge in [0.15, 0.2) is 23.3 Å². The summed E-state index contributed by atoms with van der Waals surface area (Å²) in [4.78, 5) is -0.928. The predicted octanol–water partition coefficient (Wildman–Crippen LogP) is 6.43. The van der Waals surface area contributed by atoms with Crippen molar-refractivity contribution in [1.82, 2.24) is 0 Å². The predicted molar refractivity (Wildman–Crippen MR) is 94.8 cm³/mol. The monoisotopic (exact) mass is 416 g/mol. The molecular formula is C16H18F5OPS2. The van der Waals surface area contributed by atoms with Crippen LogP contribution in [0.15, 0.2) is 17.0 Å². The van der Waals surface area contributed by atoms with Gasteiger partial charge in [0.25, 0.3) is 0 Å². The molecule has 0 saturated heterocycles. The van der Waals surface area contributed by atoms with Crippen LogP contribution in [0.25, 0.3) is 0 Å². The van der Waals surface area contributed by atoms with Gasteiger partial charge in [0, 0.05) is 4.75 Å². The minimum atomic E-state index is -2.16. The van der Waals surface area contributed by atoms with Gasteiger partial charge in [-0.05, 0) is 39.0 Å². The van der Waals surface area contributed by atoms with Gasteiger partial charge in [-0.1, -0.05) is 23.5 Å². The highest BCUT2D eigenvalue weighted by Crippen LogP contribution is 2.48. The second kappa shape index (κ2) is 8.15. The standard InChI is InChI=1S/C16H18F5OPS2/c1-7(2)8-4-5-16(3,24)9(6-8)22-23-25-15-13(20)11(18)10(17)12(19)14(15)21/h8-9,23-24H,1,4-6H2,2-3H3/t8?,9?,16-/m1/s1. The Labute approximate surface area is 154 Å². The molecule has 0 heterocycles. The third kappa shape index (κ3) is 4.52. The minimum Gasteiger partial charge on any atom is -0.346 e. The highest BCUT2D eigenvalue weighted by atomic mass is 32.7. The van der Waals surface area contributed by atoms with Gasteiger partial charge in [0.05, 0.1) is 19.0 Å². The summed E-state index contributed by atoms with van der Waals surface area (Å²) in [6.45, 7) is 7.77. The first-order chi connectivity index (χ1) is 11.6. The molecule has 140 valence electrons. The lowest BCUT2D eigenvalue weighted by molar-refractivity contribution is 0.123. The number of thiol groups is 1. The normalized spacial score (nSPS) is 27.2. The minimum absolute atomic E-state index is 0.259. The summed E-state index contributed by atoms with van der Waals surface area (Å²) in [6, 6.07) is 0. The smallest absolute Gasteiger partial charge is 0.200 e. The van der Waals surface area contributed by atoms with Gasteiger partial charge in [0.1, 0.15) is 0 Å². The van der Waals surface area contributed by atoms with Crippen LogP contribution in [0.4, 0.5) is 22.0 Å². The Balaban J connectivity index is 2.08.